The van der Waals surface area contributed by atoms with Gasteiger partial charge in [0.05, 0.1) is 24.6 Å². The fourth-order valence-corrected chi connectivity index (χ4v) is 2.20. The number of H-pyrrole nitrogens is 1. The molecular formula is C17H17N3O3. The van der Waals surface area contributed by atoms with E-state index < -0.39 is 0 Å². The second kappa shape index (κ2) is 6.83. The number of hydrogen-bond donors (Lipinski definition) is 2. The first-order valence-electron chi connectivity index (χ1n) is 7.26. The van der Waals surface area contributed by atoms with Gasteiger partial charge in [-0.1, -0.05) is 18.2 Å². The van der Waals surface area contributed by atoms with Gasteiger partial charge in [0, 0.05) is 6.07 Å². The zero-order valence-corrected chi connectivity index (χ0v) is 12.7. The van der Waals surface area contributed by atoms with Crippen LogP contribution < -0.4 is 20.3 Å². The van der Waals surface area contributed by atoms with E-state index in [1.54, 1.807) is 13.2 Å². The summed E-state index contributed by atoms with van der Waals surface area (Å²) in [5.41, 5.74) is 0.499. The molecule has 118 valence electrons. The molecule has 23 heavy (non-hydrogen) atoms. The summed E-state index contributed by atoms with van der Waals surface area (Å²) in [6, 6.07) is 14.6. The van der Waals surface area contributed by atoms with Crippen LogP contribution in [0, 0.1) is 0 Å². The quantitative estimate of drug-likeness (QED) is 0.684. The molecule has 0 radical (unpaired) electrons. The van der Waals surface area contributed by atoms with Crippen molar-refractivity contribution >= 4 is 16.9 Å². The Morgan fingerprint density at radius 3 is 2.83 bits per heavy atom. The molecule has 0 bridgehead atoms. The van der Waals surface area contributed by atoms with Crippen LogP contribution in [-0.2, 0) is 0 Å². The Bertz CT molecular complexity index is 861. The van der Waals surface area contributed by atoms with Gasteiger partial charge in [-0.05, 0) is 24.3 Å². The van der Waals surface area contributed by atoms with Crippen molar-refractivity contribution in [2.24, 2.45) is 0 Å². The highest BCUT2D eigenvalue weighted by molar-refractivity contribution is 5.78. The molecular weight excluding hydrogens is 294 g/mol. The van der Waals surface area contributed by atoms with Crippen molar-refractivity contribution in [3.8, 4) is 11.5 Å². The van der Waals surface area contributed by atoms with Crippen molar-refractivity contribution in [3.05, 3.63) is 58.9 Å². The van der Waals surface area contributed by atoms with Crippen LogP contribution in [0.2, 0.25) is 0 Å². The predicted molar refractivity (Wildman–Crippen MR) is 89.3 cm³/mol. The van der Waals surface area contributed by atoms with E-state index >= 15 is 0 Å². The number of rotatable bonds is 6. The lowest BCUT2D eigenvalue weighted by molar-refractivity contribution is 0.329. The van der Waals surface area contributed by atoms with Crippen molar-refractivity contribution in [2.75, 3.05) is 25.6 Å². The van der Waals surface area contributed by atoms with E-state index in [1.165, 1.54) is 0 Å². The number of aromatic nitrogens is 2. The highest BCUT2D eigenvalue weighted by Crippen LogP contribution is 2.18. The minimum Gasteiger partial charge on any atom is -0.497 e. The van der Waals surface area contributed by atoms with Gasteiger partial charge in [-0.15, -0.1) is 0 Å². The van der Waals surface area contributed by atoms with Gasteiger partial charge in [0.1, 0.15) is 18.1 Å². The van der Waals surface area contributed by atoms with Gasteiger partial charge in [0.2, 0.25) is 5.95 Å². The molecule has 6 heteroatoms. The molecule has 0 spiro atoms. The maximum atomic E-state index is 11.9. The molecule has 0 aliphatic rings. The monoisotopic (exact) mass is 311 g/mol. The zero-order valence-electron chi connectivity index (χ0n) is 12.7. The summed E-state index contributed by atoms with van der Waals surface area (Å²) >= 11 is 0. The number of aromatic amines is 1. The molecule has 0 aliphatic carbocycles. The summed E-state index contributed by atoms with van der Waals surface area (Å²) in [7, 11) is 1.61. The number of hydrogen-bond acceptors (Lipinski definition) is 5. The smallest absolute Gasteiger partial charge is 0.260 e. The molecule has 0 fully saturated rings. The minimum absolute atomic E-state index is 0.160. The standard InChI is InChI=1S/C17H17N3O3/c1-22-12-5-4-6-13(11-12)23-10-9-18-17-19-15-8-3-2-7-14(15)16(21)20-17/h2-8,11H,9-10H2,1H3,(H2,18,19,20,21). The summed E-state index contributed by atoms with van der Waals surface area (Å²) in [5.74, 6) is 1.91. The summed E-state index contributed by atoms with van der Waals surface area (Å²) in [5, 5.41) is 3.63. The van der Waals surface area contributed by atoms with Crippen LogP contribution in [0.15, 0.2) is 53.3 Å². The van der Waals surface area contributed by atoms with E-state index in [4.69, 9.17) is 9.47 Å². The van der Waals surface area contributed by atoms with Gasteiger partial charge >= 0.3 is 0 Å². The van der Waals surface area contributed by atoms with E-state index in [1.807, 2.05) is 42.5 Å². The zero-order chi connectivity index (χ0) is 16.1. The van der Waals surface area contributed by atoms with Gasteiger partial charge in [0.25, 0.3) is 5.56 Å². The SMILES string of the molecule is COc1cccc(OCCNc2nc3ccccc3c(=O)[nH]2)c1. The number of methoxy groups -OCH3 is 1. The predicted octanol–water partition coefficient (Wildman–Crippen LogP) is 2.42. The lowest BCUT2D eigenvalue weighted by atomic mass is 10.2. The van der Waals surface area contributed by atoms with Crippen molar-refractivity contribution < 1.29 is 9.47 Å². The van der Waals surface area contributed by atoms with Crippen LogP contribution in [0.25, 0.3) is 10.9 Å². The summed E-state index contributed by atoms with van der Waals surface area (Å²) in [6.07, 6.45) is 0. The molecule has 1 aromatic heterocycles. The Kier molecular flexibility index (Phi) is 4.42. The normalized spacial score (nSPS) is 10.5. The Labute approximate surface area is 133 Å². The van der Waals surface area contributed by atoms with E-state index in [2.05, 4.69) is 15.3 Å². The van der Waals surface area contributed by atoms with Crippen molar-refractivity contribution in [1.82, 2.24) is 9.97 Å². The summed E-state index contributed by atoms with van der Waals surface area (Å²) in [4.78, 5) is 19.0. The third kappa shape index (κ3) is 3.60. The maximum absolute atomic E-state index is 11.9. The van der Waals surface area contributed by atoms with Crippen molar-refractivity contribution in [3.63, 3.8) is 0 Å². The number of anilines is 1. The Morgan fingerprint density at radius 2 is 1.96 bits per heavy atom. The number of para-hydroxylation sites is 1. The fourth-order valence-electron chi connectivity index (χ4n) is 2.20. The van der Waals surface area contributed by atoms with Crippen LogP contribution in [0.3, 0.4) is 0 Å². The molecule has 3 aromatic rings. The average molecular weight is 311 g/mol. The molecule has 1 heterocycles. The van der Waals surface area contributed by atoms with Crippen LogP contribution in [-0.4, -0.2) is 30.2 Å². The first-order chi connectivity index (χ1) is 11.3. The second-order valence-electron chi connectivity index (χ2n) is 4.89. The lowest BCUT2D eigenvalue weighted by Gasteiger charge is -2.09. The molecule has 0 saturated heterocycles. The molecule has 0 saturated carbocycles. The highest BCUT2D eigenvalue weighted by Gasteiger charge is 2.02. The Balaban J connectivity index is 1.59. The van der Waals surface area contributed by atoms with E-state index in [0.717, 1.165) is 11.5 Å². The molecule has 0 aliphatic heterocycles. The fraction of sp³-hybridized carbons (Fsp3) is 0.176. The van der Waals surface area contributed by atoms with Crippen LogP contribution in [0.5, 0.6) is 11.5 Å². The minimum atomic E-state index is -0.160. The highest BCUT2D eigenvalue weighted by atomic mass is 16.5. The number of fused-ring (bicyclic) bond motifs is 1. The van der Waals surface area contributed by atoms with E-state index in [9.17, 15) is 4.79 Å². The van der Waals surface area contributed by atoms with Gasteiger partial charge in [-0.2, -0.15) is 0 Å². The molecule has 6 nitrogen and oxygen atoms in total. The number of benzene rings is 2. The van der Waals surface area contributed by atoms with Gasteiger partial charge in [-0.3, -0.25) is 9.78 Å². The third-order valence-electron chi connectivity index (χ3n) is 3.32. The molecule has 3 rings (SSSR count). The van der Waals surface area contributed by atoms with E-state index in [0.29, 0.717) is 30.0 Å². The number of nitrogens with one attached hydrogen (secondary N) is 2. The maximum Gasteiger partial charge on any atom is 0.260 e. The molecule has 2 aromatic carbocycles. The van der Waals surface area contributed by atoms with Crippen LogP contribution in [0.4, 0.5) is 5.95 Å². The number of ether oxygens (including phenoxy) is 2. The third-order valence-corrected chi connectivity index (χ3v) is 3.32. The molecule has 0 unspecified atom stereocenters. The van der Waals surface area contributed by atoms with Gasteiger partial charge in [0.15, 0.2) is 0 Å². The largest absolute Gasteiger partial charge is 0.497 e. The molecule has 0 atom stereocenters. The Morgan fingerprint density at radius 1 is 1.13 bits per heavy atom. The molecule has 2 N–H and O–H groups in total. The Hall–Kier alpha value is -3.02. The second-order valence-corrected chi connectivity index (χ2v) is 4.89. The van der Waals surface area contributed by atoms with Gasteiger partial charge in [-0.25, -0.2) is 4.98 Å². The van der Waals surface area contributed by atoms with Crippen molar-refractivity contribution in [1.29, 1.82) is 0 Å². The van der Waals surface area contributed by atoms with Crippen LogP contribution in [0.1, 0.15) is 0 Å². The first-order valence-corrected chi connectivity index (χ1v) is 7.26. The first kappa shape index (κ1) is 14.9. The molecule has 0 amide bonds. The number of nitrogens with zero attached hydrogens (tertiary/aromatic N) is 1. The van der Waals surface area contributed by atoms with E-state index in [-0.39, 0.29) is 5.56 Å². The van der Waals surface area contributed by atoms with Gasteiger partial charge < -0.3 is 14.8 Å². The van der Waals surface area contributed by atoms with Crippen LogP contribution >= 0.6 is 0 Å². The summed E-state index contributed by atoms with van der Waals surface area (Å²) in [6.45, 7) is 0.947. The average Bonchev–Trinajstić information content (AvgIpc) is 2.59. The topological polar surface area (TPSA) is 76.2 Å². The van der Waals surface area contributed by atoms with Crippen molar-refractivity contribution in [2.45, 2.75) is 0 Å². The lowest BCUT2D eigenvalue weighted by Crippen LogP contribution is -2.17. The summed E-state index contributed by atoms with van der Waals surface area (Å²) < 4.78 is 10.8.